The molecule has 1 atom stereocenters. The topological polar surface area (TPSA) is 66.0 Å². The smallest absolute Gasteiger partial charge is 0.251 e. The lowest BCUT2D eigenvalue weighted by molar-refractivity contribution is 0.0939. The normalized spacial score (nSPS) is 16.0. The maximum Gasteiger partial charge on any atom is 0.251 e. The molecule has 1 N–H and O–H groups in total. The summed E-state index contributed by atoms with van der Waals surface area (Å²) in [5.74, 6) is 2.55. The van der Waals surface area contributed by atoms with Crippen molar-refractivity contribution >= 4 is 5.91 Å². The molecule has 2 aromatic carbocycles. The average Bonchev–Trinajstić information content (AvgIpc) is 2.97. The Morgan fingerprint density at radius 3 is 2.48 bits per heavy atom. The van der Waals surface area contributed by atoms with Crippen molar-refractivity contribution in [1.29, 1.82) is 0 Å². The molecule has 2 aromatic rings. The van der Waals surface area contributed by atoms with Crippen LogP contribution >= 0.6 is 0 Å². The maximum atomic E-state index is 12.5. The minimum Gasteiger partial charge on any atom is -0.490 e. The van der Waals surface area contributed by atoms with E-state index >= 15 is 0 Å². The zero-order valence-electron chi connectivity index (χ0n) is 13.9. The fourth-order valence-electron chi connectivity index (χ4n) is 2.85. The Kier molecular flexibility index (Phi) is 4.09. The zero-order chi connectivity index (χ0) is 17.2. The largest absolute Gasteiger partial charge is 0.490 e. The number of amides is 1. The van der Waals surface area contributed by atoms with Gasteiger partial charge in [0.05, 0.1) is 19.3 Å². The lowest BCUT2D eigenvalue weighted by atomic mass is 10.1. The van der Waals surface area contributed by atoms with Gasteiger partial charge in [-0.3, -0.25) is 4.79 Å². The molecule has 1 unspecified atom stereocenters. The third kappa shape index (κ3) is 3.20. The van der Waals surface area contributed by atoms with Gasteiger partial charge in [-0.1, -0.05) is 6.07 Å². The van der Waals surface area contributed by atoms with Gasteiger partial charge < -0.3 is 24.3 Å². The fraction of sp³-hybridized carbons (Fsp3) is 0.316. The monoisotopic (exact) mass is 341 g/mol. The summed E-state index contributed by atoms with van der Waals surface area (Å²) in [7, 11) is 0. The van der Waals surface area contributed by atoms with E-state index in [1.807, 2.05) is 25.1 Å². The quantitative estimate of drug-likeness (QED) is 0.929. The Morgan fingerprint density at radius 1 is 0.920 bits per heavy atom. The van der Waals surface area contributed by atoms with Crippen molar-refractivity contribution in [3.63, 3.8) is 0 Å². The molecule has 6 heteroatoms. The van der Waals surface area contributed by atoms with E-state index in [9.17, 15) is 4.79 Å². The van der Waals surface area contributed by atoms with E-state index in [1.165, 1.54) is 0 Å². The molecule has 0 aliphatic carbocycles. The predicted molar refractivity (Wildman–Crippen MR) is 90.5 cm³/mol. The van der Waals surface area contributed by atoms with Crippen molar-refractivity contribution in [3.05, 3.63) is 47.5 Å². The number of ether oxygens (including phenoxy) is 4. The van der Waals surface area contributed by atoms with Gasteiger partial charge in [0.15, 0.2) is 23.0 Å². The highest BCUT2D eigenvalue weighted by Gasteiger charge is 2.19. The van der Waals surface area contributed by atoms with Crippen LogP contribution < -0.4 is 24.3 Å². The van der Waals surface area contributed by atoms with Gasteiger partial charge >= 0.3 is 0 Å². The molecule has 1 amide bonds. The first kappa shape index (κ1) is 15.6. The molecule has 0 saturated carbocycles. The summed E-state index contributed by atoms with van der Waals surface area (Å²) in [6.45, 7) is 3.41. The second kappa shape index (κ2) is 6.55. The van der Waals surface area contributed by atoms with Crippen molar-refractivity contribution in [1.82, 2.24) is 5.32 Å². The summed E-state index contributed by atoms with van der Waals surface area (Å²) < 4.78 is 21.9. The van der Waals surface area contributed by atoms with Crippen LogP contribution in [0.15, 0.2) is 36.4 Å². The first-order valence-electron chi connectivity index (χ1n) is 8.31. The molecular formula is C19H19NO5. The molecule has 4 rings (SSSR count). The van der Waals surface area contributed by atoms with E-state index in [4.69, 9.17) is 18.9 Å². The molecule has 6 nitrogen and oxygen atoms in total. The molecule has 0 fully saturated rings. The van der Waals surface area contributed by atoms with Gasteiger partial charge in [-0.05, 0) is 42.8 Å². The van der Waals surface area contributed by atoms with Gasteiger partial charge in [0.25, 0.3) is 5.91 Å². The third-order valence-electron chi connectivity index (χ3n) is 4.25. The van der Waals surface area contributed by atoms with Crippen LogP contribution in [0.2, 0.25) is 0 Å². The summed E-state index contributed by atoms with van der Waals surface area (Å²) >= 11 is 0. The Morgan fingerprint density at radius 2 is 1.60 bits per heavy atom. The highest BCUT2D eigenvalue weighted by Crippen LogP contribution is 2.34. The van der Waals surface area contributed by atoms with Crippen LogP contribution in [0, 0.1) is 0 Å². The Balaban J connectivity index is 1.49. The number of carbonyl (C=O) groups is 1. The third-order valence-corrected chi connectivity index (χ3v) is 4.25. The van der Waals surface area contributed by atoms with Crippen LogP contribution in [-0.2, 0) is 0 Å². The molecular weight excluding hydrogens is 322 g/mol. The molecule has 0 aromatic heterocycles. The second-order valence-electron chi connectivity index (χ2n) is 6.02. The van der Waals surface area contributed by atoms with E-state index in [0.29, 0.717) is 30.3 Å². The number of fused-ring (bicyclic) bond motifs is 2. The van der Waals surface area contributed by atoms with Gasteiger partial charge in [-0.15, -0.1) is 0 Å². The molecule has 130 valence electrons. The summed E-state index contributed by atoms with van der Waals surface area (Å²) in [5.41, 5.74) is 1.49. The highest BCUT2D eigenvalue weighted by atomic mass is 16.7. The molecule has 25 heavy (non-hydrogen) atoms. The fourth-order valence-corrected chi connectivity index (χ4v) is 2.85. The second-order valence-corrected chi connectivity index (χ2v) is 6.02. The van der Waals surface area contributed by atoms with Crippen LogP contribution in [0.5, 0.6) is 23.0 Å². The highest BCUT2D eigenvalue weighted by molar-refractivity contribution is 5.95. The van der Waals surface area contributed by atoms with Gasteiger partial charge in [-0.25, -0.2) is 0 Å². The first-order chi connectivity index (χ1) is 12.2. The van der Waals surface area contributed by atoms with Crippen LogP contribution in [-0.4, -0.2) is 25.9 Å². The molecule has 0 bridgehead atoms. The van der Waals surface area contributed by atoms with E-state index < -0.39 is 0 Å². The Hall–Kier alpha value is -2.89. The molecule has 0 radical (unpaired) electrons. The lowest BCUT2D eigenvalue weighted by Gasteiger charge is -2.16. The Bertz CT molecular complexity index is 804. The molecule has 0 saturated heterocycles. The predicted octanol–water partition coefficient (Wildman–Crippen LogP) is 3.07. The van der Waals surface area contributed by atoms with Crippen molar-refractivity contribution in [2.75, 3.05) is 20.0 Å². The maximum absolute atomic E-state index is 12.5. The van der Waals surface area contributed by atoms with Gasteiger partial charge in [0.1, 0.15) is 0 Å². The minimum absolute atomic E-state index is 0.169. The molecule has 2 heterocycles. The Labute approximate surface area is 145 Å². The van der Waals surface area contributed by atoms with Crippen molar-refractivity contribution < 1.29 is 23.7 Å². The van der Waals surface area contributed by atoms with Gasteiger partial charge in [0.2, 0.25) is 6.79 Å². The van der Waals surface area contributed by atoms with Gasteiger partial charge in [-0.2, -0.15) is 0 Å². The van der Waals surface area contributed by atoms with E-state index in [2.05, 4.69) is 5.32 Å². The van der Waals surface area contributed by atoms with E-state index in [1.54, 1.807) is 18.2 Å². The molecule has 2 aliphatic heterocycles. The van der Waals surface area contributed by atoms with Crippen molar-refractivity contribution in [2.24, 2.45) is 0 Å². The van der Waals surface area contributed by atoms with Crippen LogP contribution in [0.4, 0.5) is 0 Å². The summed E-state index contributed by atoms with van der Waals surface area (Å²) in [4.78, 5) is 12.5. The number of nitrogens with one attached hydrogen (secondary N) is 1. The standard InChI is InChI=1S/C19H19NO5/c1-12(13-3-5-15-17(9-13)23-8-2-7-22-15)20-19(21)14-4-6-16-18(10-14)25-11-24-16/h3-6,9-10,12H,2,7-8,11H2,1H3,(H,20,21). The number of hydrogen-bond donors (Lipinski definition) is 1. The summed E-state index contributed by atoms with van der Waals surface area (Å²) in [6.07, 6.45) is 0.862. The lowest BCUT2D eigenvalue weighted by Crippen LogP contribution is -2.26. The first-order valence-corrected chi connectivity index (χ1v) is 8.31. The van der Waals surface area contributed by atoms with Crippen LogP contribution in [0.25, 0.3) is 0 Å². The number of carbonyl (C=O) groups excluding carboxylic acids is 1. The number of rotatable bonds is 3. The van der Waals surface area contributed by atoms with Crippen molar-refractivity contribution in [2.45, 2.75) is 19.4 Å². The SMILES string of the molecule is CC(NC(=O)c1ccc2c(c1)OCO2)c1ccc2c(c1)OCCCO2. The summed E-state index contributed by atoms with van der Waals surface area (Å²) in [5, 5.41) is 2.99. The van der Waals surface area contributed by atoms with Crippen LogP contribution in [0.1, 0.15) is 35.3 Å². The molecule has 2 aliphatic rings. The van der Waals surface area contributed by atoms with E-state index in [0.717, 1.165) is 23.5 Å². The number of benzene rings is 2. The minimum atomic E-state index is -0.171. The zero-order valence-corrected chi connectivity index (χ0v) is 13.9. The van der Waals surface area contributed by atoms with Gasteiger partial charge in [0, 0.05) is 12.0 Å². The molecule has 0 spiro atoms. The summed E-state index contributed by atoms with van der Waals surface area (Å²) in [6, 6.07) is 10.7. The van der Waals surface area contributed by atoms with E-state index in [-0.39, 0.29) is 18.7 Å². The van der Waals surface area contributed by atoms with Crippen LogP contribution in [0.3, 0.4) is 0 Å². The average molecular weight is 341 g/mol. The number of hydrogen-bond acceptors (Lipinski definition) is 5. The van der Waals surface area contributed by atoms with Crippen molar-refractivity contribution in [3.8, 4) is 23.0 Å².